The van der Waals surface area contributed by atoms with E-state index in [1.54, 1.807) is 0 Å². The van der Waals surface area contributed by atoms with E-state index < -0.39 is 0 Å². The van der Waals surface area contributed by atoms with Crippen molar-refractivity contribution in [3.8, 4) is 0 Å². The Morgan fingerprint density at radius 3 is 2.56 bits per heavy atom. The molecule has 0 rings (SSSR count). The molecule has 0 aromatic carbocycles. The smallest absolute Gasteiger partial charge is 0.0581 e. The summed E-state index contributed by atoms with van der Waals surface area (Å²) in [7, 11) is 1.91. The molecule has 0 bridgehead atoms. The topological polar surface area (TPSA) is 44.3 Å². The molecule has 3 N–H and O–H groups in total. The van der Waals surface area contributed by atoms with E-state index in [4.69, 9.17) is 5.11 Å². The van der Waals surface area contributed by atoms with Crippen molar-refractivity contribution in [2.45, 2.75) is 13.0 Å². The first kappa shape index (κ1) is 8.88. The molecule has 0 unspecified atom stereocenters. The highest BCUT2D eigenvalue weighted by atomic mass is 16.3. The predicted octanol–water partition coefficient (Wildman–Crippen LogP) is -0.824. The highest BCUT2D eigenvalue weighted by molar-refractivity contribution is 4.57. The van der Waals surface area contributed by atoms with Crippen molar-refractivity contribution in [3.05, 3.63) is 0 Å². The fraction of sp³-hybridized carbons (Fsp3) is 1.00. The van der Waals surface area contributed by atoms with E-state index in [-0.39, 0.29) is 12.6 Å². The second kappa shape index (κ2) is 6.01. The summed E-state index contributed by atoms with van der Waals surface area (Å²) in [6.45, 7) is 4.03. The third-order valence-electron chi connectivity index (χ3n) is 1.14. The Labute approximate surface area is 56.5 Å². The summed E-state index contributed by atoms with van der Waals surface area (Å²) in [5, 5.41) is 14.7. The standard InChI is InChI=1S/C6H16N2O/c1-6(5-9)8-4-3-7-2/h6-9H,3-5H2,1-2H3/t6-/m0/s1. The first-order valence-corrected chi connectivity index (χ1v) is 3.30. The number of hydrogen-bond acceptors (Lipinski definition) is 3. The summed E-state index contributed by atoms with van der Waals surface area (Å²) >= 11 is 0. The lowest BCUT2D eigenvalue weighted by atomic mass is 10.3. The van der Waals surface area contributed by atoms with Gasteiger partial charge in [0.2, 0.25) is 0 Å². The average Bonchev–Trinajstić information content (AvgIpc) is 1.89. The van der Waals surface area contributed by atoms with E-state index in [0.717, 1.165) is 13.1 Å². The van der Waals surface area contributed by atoms with Crippen LogP contribution in [0.5, 0.6) is 0 Å². The lowest BCUT2D eigenvalue weighted by Gasteiger charge is -2.08. The highest BCUT2D eigenvalue weighted by Gasteiger charge is 1.94. The summed E-state index contributed by atoms with van der Waals surface area (Å²) in [4.78, 5) is 0. The Morgan fingerprint density at radius 2 is 2.11 bits per heavy atom. The monoisotopic (exact) mass is 132 g/mol. The summed E-state index contributed by atoms with van der Waals surface area (Å²) in [5.74, 6) is 0. The zero-order valence-corrected chi connectivity index (χ0v) is 6.15. The van der Waals surface area contributed by atoms with Crippen LogP contribution in [0, 0.1) is 0 Å². The summed E-state index contributed by atoms with van der Waals surface area (Å²) in [6.07, 6.45) is 0. The van der Waals surface area contributed by atoms with Gasteiger partial charge in [0.25, 0.3) is 0 Å². The van der Waals surface area contributed by atoms with Crippen molar-refractivity contribution in [1.29, 1.82) is 0 Å². The molecular formula is C6H16N2O. The number of rotatable bonds is 5. The molecule has 0 spiro atoms. The van der Waals surface area contributed by atoms with Crippen LogP contribution >= 0.6 is 0 Å². The first-order valence-electron chi connectivity index (χ1n) is 3.30. The van der Waals surface area contributed by atoms with Gasteiger partial charge in [-0.3, -0.25) is 0 Å². The van der Waals surface area contributed by atoms with E-state index in [0.29, 0.717) is 0 Å². The number of aliphatic hydroxyl groups excluding tert-OH is 1. The quantitative estimate of drug-likeness (QED) is 0.428. The molecule has 0 aromatic rings. The SMILES string of the molecule is CNCCN[C@@H](C)CO. The van der Waals surface area contributed by atoms with Gasteiger partial charge < -0.3 is 15.7 Å². The van der Waals surface area contributed by atoms with Crippen LogP contribution in [0.2, 0.25) is 0 Å². The van der Waals surface area contributed by atoms with Crippen molar-refractivity contribution in [3.63, 3.8) is 0 Å². The normalized spacial score (nSPS) is 13.7. The minimum atomic E-state index is 0.212. The minimum absolute atomic E-state index is 0.212. The molecule has 9 heavy (non-hydrogen) atoms. The summed E-state index contributed by atoms with van der Waals surface area (Å²) in [6, 6.07) is 0.221. The largest absolute Gasteiger partial charge is 0.395 e. The van der Waals surface area contributed by atoms with E-state index in [2.05, 4.69) is 10.6 Å². The number of nitrogens with one attached hydrogen (secondary N) is 2. The van der Waals surface area contributed by atoms with E-state index in [1.165, 1.54) is 0 Å². The summed E-state index contributed by atoms with van der Waals surface area (Å²) < 4.78 is 0. The van der Waals surface area contributed by atoms with Crippen LogP contribution in [0.3, 0.4) is 0 Å². The molecule has 0 amide bonds. The van der Waals surface area contributed by atoms with E-state index >= 15 is 0 Å². The van der Waals surface area contributed by atoms with Crippen molar-refractivity contribution in [2.24, 2.45) is 0 Å². The molecular weight excluding hydrogens is 116 g/mol. The van der Waals surface area contributed by atoms with Gasteiger partial charge in [-0.2, -0.15) is 0 Å². The van der Waals surface area contributed by atoms with Crippen LogP contribution < -0.4 is 10.6 Å². The number of aliphatic hydroxyl groups is 1. The zero-order valence-electron chi connectivity index (χ0n) is 6.15. The Morgan fingerprint density at radius 1 is 1.44 bits per heavy atom. The Balaban J connectivity index is 2.88. The molecule has 0 aromatic heterocycles. The molecule has 0 saturated heterocycles. The maximum Gasteiger partial charge on any atom is 0.0581 e. The van der Waals surface area contributed by atoms with Crippen LogP contribution in [-0.2, 0) is 0 Å². The van der Waals surface area contributed by atoms with Crippen LogP contribution in [-0.4, -0.2) is 37.9 Å². The van der Waals surface area contributed by atoms with Crippen LogP contribution in [0.25, 0.3) is 0 Å². The van der Waals surface area contributed by atoms with E-state index in [1.807, 2.05) is 14.0 Å². The molecule has 0 heterocycles. The number of hydrogen-bond donors (Lipinski definition) is 3. The fourth-order valence-electron chi connectivity index (χ4n) is 0.508. The second-order valence-electron chi connectivity index (χ2n) is 2.14. The maximum atomic E-state index is 8.55. The predicted molar refractivity (Wildman–Crippen MR) is 38.5 cm³/mol. The van der Waals surface area contributed by atoms with Crippen molar-refractivity contribution in [2.75, 3.05) is 26.7 Å². The van der Waals surface area contributed by atoms with E-state index in [9.17, 15) is 0 Å². The van der Waals surface area contributed by atoms with Gasteiger partial charge in [-0.15, -0.1) is 0 Å². The summed E-state index contributed by atoms with van der Waals surface area (Å²) in [5.41, 5.74) is 0. The Hall–Kier alpha value is -0.120. The minimum Gasteiger partial charge on any atom is -0.395 e. The molecule has 3 heteroatoms. The fourth-order valence-corrected chi connectivity index (χ4v) is 0.508. The molecule has 3 nitrogen and oxygen atoms in total. The third kappa shape index (κ3) is 5.76. The van der Waals surface area contributed by atoms with Gasteiger partial charge in [0.15, 0.2) is 0 Å². The lowest BCUT2D eigenvalue weighted by Crippen LogP contribution is -2.34. The number of likely N-dealkylation sites (N-methyl/N-ethyl adjacent to an activating group) is 1. The van der Waals surface area contributed by atoms with Crippen molar-refractivity contribution >= 4 is 0 Å². The Kier molecular flexibility index (Phi) is 5.93. The average molecular weight is 132 g/mol. The lowest BCUT2D eigenvalue weighted by molar-refractivity contribution is 0.252. The van der Waals surface area contributed by atoms with Crippen LogP contribution in [0.4, 0.5) is 0 Å². The molecule has 0 aliphatic carbocycles. The van der Waals surface area contributed by atoms with Gasteiger partial charge in [-0.25, -0.2) is 0 Å². The molecule has 56 valence electrons. The van der Waals surface area contributed by atoms with Gasteiger partial charge >= 0.3 is 0 Å². The van der Waals surface area contributed by atoms with Crippen LogP contribution in [0.1, 0.15) is 6.92 Å². The van der Waals surface area contributed by atoms with Gasteiger partial charge in [0.1, 0.15) is 0 Å². The van der Waals surface area contributed by atoms with Gasteiger partial charge in [0, 0.05) is 19.1 Å². The molecule has 1 atom stereocenters. The van der Waals surface area contributed by atoms with Gasteiger partial charge in [-0.05, 0) is 14.0 Å². The first-order chi connectivity index (χ1) is 4.31. The Bertz CT molecular complexity index is 59.0. The maximum absolute atomic E-state index is 8.55. The molecule has 0 aliphatic heterocycles. The zero-order chi connectivity index (χ0) is 7.11. The third-order valence-corrected chi connectivity index (χ3v) is 1.14. The van der Waals surface area contributed by atoms with Gasteiger partial charge in [-0.1, -0.05) is 0 Å². The second-order valence-corrected chi connectivity index (χ2v) is 2.14. The van der Waals surface area contributed by atoms with Crippen molar-refractivity contribution in [1.82, 2.24) is 10.6 Å². The van der Waals surface area contributed by atoms with Crippen molar-refractivity contribution < 1.29 is 5.11 Å². The highest BCUT2D eigenvalue weighted by Crippen LogP contribution is 1.74. The molecule has 0 radical (unpaired) electrons. The molecule has 0 saturated carbocycles. The molecule has 0 fully saturated rings. The van der Waals surface area contributed by atoms with Gasteiger partial charge in [0.05, 0.1) is 6.61 Å². The molecule has 0 aliphatic rings. The van der Waals surface area contributed by atoms with Crippen LogP contribution in [0.15, 0.2) is 0 Å².